The van der Waals surface area contributed by atoms with Crippen LogP contribution in [-0.4, -0.2) is 50.5 Å². The highest BCUT2D eigenvalue weighted by molar-refractivity contribution is 6.40. The van der Waals surface area contributed by atoms with Crippen LogP contribution >= 0.6 is 0 Å². The van der Waals surface area contributed by atoms with Crippen molar-refractivity contribution in [3.8, 4) is 0 Å². The summed E-state index contributed by atoms with van der Waals surface area (Å²) in [5.41, 5.74) is 6.04. The lowest BCUT2D eigenvalue weighted by molar-refractivity contribution is -0.145. The number of nitrogens with zero attached hydrogens (tertiary/aromatic N) is 3. The van der Waals surface area contributed by atoms with Gasteiger partial charge in [0.25, 0.3) is 0 Å². The van der Waals surface area contributed by atoms with E-state index in [4.69, 9.17) is 5.73 Å². The Bertz CT molecular complexity index is 903. The number of carbonyl (C=O) groups is 4. The highest BCUT2D eigenvalue weighted by Crippen LogP contribution is 2.18. The van der Waals surface area contributed by atoms with Gasteiger partial charge in [0.2, 0.25) is 11.7 Å². The summed E-state index contributed by atoms with van der Waals surface area (Å²) in [6.45, 7) is 0.316. The van der Waals surface area contributed by atoms with Crippen molar-refractivity contribution in [2.75, 3.05) is 11.9 Å². The second-order valence-corrected chi connectivity index (χ2v) is 6.28. The van der Waals surface area contributed by atoms with E-state index in [1.165, 1.54) is 23.2 Å². The summed E-state index contributed by atoms with van der Waals surface area (Å²) in [5.74, 6) is -2.23. The van der Waals surface area contributed by atoms with E-state index in [9.17, 15) is 19.2 Å². The first-order valence-electron chi connectivity index (χ1n) is 8.42. The number of amides is 3. The molecule has 1 atom stereocenters. The Labute approximate surface area is 155 Å². The van der Waals surface area contributed by atoms with Crippen LogP contribution < -0.4 is 11.1 Å². The van der Waals surface area contributed by atoms with Crippen LogP contribution in [0.1, 0.15) is 29.0 Å². The summed E-state index contributed by atoms with van der Waals surface area (Å²) in [6, 6.07) is 5.38. The number of benzene rings is 1. The minimum absolute atomic E-state index is 0.252. The molecular weight excluding hydrogens is 350 g/mol. The molecule has 1 aliphatic rings. The molecule has 0 spiro atoms. The lowest BCUT2D eigenvalue weighted by atomic mass is 10.1. The molecule has 2 aromatic rings. The Morgan fingerprint density at radius 1 is 1.19 bits per heavy atom. The second kappa shape index (κ2) is 7.40. The van der Waals surface area contributed by atoms with Crippen molar-refractivity contribution >= 4 is 29.2 Å². The van der Waals surface area contributed by atoms with Gasteiger partial charge in [-0.1, -0.05) is 0 Å². The van der Waals surface area contributed by atoms with Crippen molar-refractivity contribution in [1.29, 1.82) is 0 Å². The molecule has 3 N–H and O–H groups in total. The fourth-order valence-corrected chi connectivity index (χ4v) is 3.04. The number of aryl methyl sites for hydroxylation is 1. The van der Waals surface area contributed by atoms with Crippen LogP contribution in [0.25, 0.3) is 0 Å². The predicted octanol–water partition coefficient (Wildman–Crippen LogP) is 0.0659. The van der Waals surface area contributed by atoms with Gasteiger partial charge in [0.05, 0.1) is 0 Å². The number of carbonyl (C=O) groups excluding carboxylic acids is 4. The van der Waals surface area contributed by atoms with Crippen molar-refractivity contribution in [2.45, 2.75) is 18.9 Å². The van der Waals surface area contributed by atoms with Crippen molar-refractivity contribution in [3.63, 3.8) is 0 Å². The molecule has 1 aliphatic heterocycles. The van der Waals surface area contributed by atoms with Crippen molar-refractivity contribution in [2.24, 2.45) is 12.8 Å². The maximum Gasteiger partial charge on any atom is 0.313 e. The molecule has 0 bridgehead atoms. The lowest BCUT2D eigenvalue weighted by Crippen LogP contribution is -2.47. The summed E-state index contributed by atoms with van der Waals surface area (Å²) in [5, 5.41) is 2.48. The van der Waals surface area contributed by atoms with Crippen LogP contribution in [0.4, 0.5) is 5.69 Å². The van der Waals surface area contributed by atoms with Gasteiger partial charge in [-0.25, -0.2) is 4.98 Å². The van der Waals surface area contributed by atoms with Crippen LogP contribution in [0.5, 0.6) is 0 Å². The van der Waals surface area contributed by atoms with E-state index in [1.807, 2.05) is 0 Å². The maximum atomic E-state index is 12.4. The fraction of sp³-hybridized carbons (Fsp3) is 0.278. The standard InChI is InChI=1S/C18H19N5O4/c1-22-10-8-20-16(22)14(24)11-4-6-12(7-5-11)21-17(26)18(27)23-9-2-3-13(23)15(19)25/h4-8,10,13H,2-3,9H2,1H3,(H2,19,25)(H,21,26). The summed E-state index contributed by atoms with van der Waals surface area (Å²) < 4.78 is 1.61. The third kappa shape index (κ3) is 3.71. The molecule has 140 valence electrons. The monoisotopic (exact) mass is 369 g/mol. The number of nitrogens with two attached hydrogens (primary N) is 1. The van der Waals surface area contributed by atoms with E-state index in [-0.39, 0.29) is 5.78 Å². The van der Waals surface area contributed by atoms with E-state index >= 15 is 0 Å². The van der Waals surface area contributed by atoms with E-state index in [0.717, 1.165) is 0 Å². The quantitative estimate of drug-likeness (QED) is 0.582. The van der Waals surface area contributed by atoms with Gasteiger partial charge < -0.3 is 20.5 Å². The zero-order chi connectivity index (χ0) is 19.6. The van der Waals surface area contributed by atoms with Crippen LogP contribution in [-0.2, 0) is 21.4 Å². The number of anilines is 1. The molecule has 3 rings (SSSR count). The molecule has 27 heavy (non-hydrogen) atoms. The predicted molar refractivity (Wildman–Crippen MR) is 95.6 cm³/mol. The van der Waals surface area contributed by atoms with E-state index in [1.54, 1.807) is 29.9 Å². The maximum absolute atomic E-state index is 12.4. The Kier molecular flexibility index (Phi) is 5.02. The third-order valence-electron chi connectivity index (χ3n) is 4.47. The molecule has 9 nitrogen and oxygen atoms in total. The number of hydrogen-bond acceptors (Lipinski definition) is 5. The number of primary amides is 1. The number of ketones is 1. The minimum atomic E-state index is -0.855. The number of aromatic nitrogens is 2. The molecule has 0 saturated carbocycles. The Morgan fingerprint density at radius 3 is 2.48 bits per heavy atom. The molecular formula is C18H19N5O4. The van der Waals surface area contributed by atoms with E-state index < -0.39 is 23.8 Å². The largest absolute Gasteiger partial charge is 0.368 e. The smallest absolute Gasteiger partial charge is 0.313 e. The van der Waals surface area contributed by atoms with Gasteiger partial charge in [-0.15, -0.1) is 0 Å². The minimum Gasteiger partial charge on any atom is -0.368 e. The highest BCUT2D eigenvalue weighted by Gasteiger charge is 2.35. The normalized spacial score (nSPS) is 16.2. The molecule has 9 heteroatoms. The van der Waals surface area contributed by atoms with Crippen LogP contribution in [0.2, 0.25) is 0 Å². The van der Waals surface area contributed by atoms with Crippen molar-refractivity contribution in [1.82, 2.24) is 14.5 Å². The Balaban J connectivity index is 1.67. The highest BCUT2D eigenvalue weighted by atomic mass is 16.2. The second-order valence-electron chi connectivity index (χ2n) is 6.28. The fourth-order valence-electron chi connectivity index (χ4n) is 3.04. The summed E-state index contributed by atoms with van der Waals surface area (Å²) in [7, 11) is 1.72. The topological polar surface area (TPSA) is 127 Å². The summed E-state index contributed by atoms with van der Waals surface area (Å²) >= 11 is 0. The summed E-state index contributed by atoms with van der Waals surface area (Å²) in [4.78, 5) is 53.4. The lowest BCUT2D eigenvalue weighted by Gasteiger charge is -2.21. The average molecular weight is 369 g/mol. The van der Waals surface area contributed by atoms with E-state index in [2.05, 4.69) is 10.3 Å². The molecule has 0 aliphatic carbocycles. The van der Waals surface area contributed by atoms with Crippen LogP contribution in [0.3, 0.4) is 0 Å². The number of rotatable bonds is 4. The SMILES string of the molecule is Cn1ccnc1C(=O)c1ccc(NC(=O)C(=O)N2CCCC2C(N)=O)cc1. The first kappa shape index (κ1) is 18.3. The van der Waals surface area contributed by atoms with Crippen molar-refractivity contribution < 1.29 is 19.2 Å². The van der Waals surface area contributed by atoms with Gasteiger partial charge in [0, 0.05) is 37.2 Å². The zero-order valence-corrected chi connectivity index (χ0v) is 14.7. The van der Waals surface area contributed by atoms with Gasteiger partial charge >= 0.3 is 11.8 Å². The molecule has 1 aromatic carbocycles. The number of nitrogens with one attached hydrogen (secondary N) is 1. The van der Waals surface area contributed by atoms with Gasteiger partial charge in [-0.2, -0.15) is 0 Å². The molecule has 1 unspecified atom stereocenters. The van der Waals surface area contributed by atoms with E-state index in [0.29, 0.717) is 36.5 Å². The molecule has 0 radical (unpaired) electrons. The zero-order valence-electron chi connectivity index (χ0n) is 14.7. The summed E-state index contributed by atoms with van der Waals surface area (Å²) in [6.07, 6.45) is 4.28. The Morgan fingerprint density at radius 2 is 1.89 bits per heavy atom. The molecule has 1 aromatic heterocycles. The van der Waals surface area contributed by atoms with Gasteiger partial charge in [-0.3, -0.25) is 19.2 Å². The average Bonchev–Trinajstić information content (AvgIpc) is 3.30. The van der Waals surface area contributed by atoms with Crippen LogP contribution in [0.15, 0.2) is 36.7 Å². The number of hydrogen-bond donors (Lipinski definition) is 2. The third-order valence-corrected chi connectivity index (χ3v) is 4.47. The Hall–Kier alpha value is -3.49. The van der Waals surface area contributed by atoms with Gasteiger partial charge in [0.15, 0.2) is 5.82 Å². The van der Waals surface area contributed by atoms with Crippen molar-refractivity contribution in [3.05, 3.63) is 48.0 Å². The van der Waals surface area contributed by atoms with Gasteiger partial charge in [-0.05, 0) is 37.1 Å². The molecule has 1 saturated heterocycles. The molecule has 1 fully saturated rings. The van der Waals surface area contributed by atoms with Crippen LogP contribution in [0, 0.1) is 0 Å². The van der Waals surface area contributed by atoms with Gasteiger partial charge in [0.1, 0.15) is 6.04 Å². The number of likely N-dealkylation sites (tertiary alicyclic amines) is 1. The first-order valence-corrected chi connectivity index (χ1v) is 8.42. The number of imidazole rings is 1. The first-order chi connectivity index (χ1) is 12.9. The molecule has 3 amide bonds. The molecule has 2 heterocycles.